The summed E-state index contributed by atoms with van der Waals surface area (Å²) in [5.74, 6) is 0.689. The summed E-state index contributed by atoms with van der Waals surface area (Å²) in [7, 11) is 0. The molecule has 0 heterocycles. The topological polar surface area (TPSA) is 38.3 Å². The zero-order valence-corrected chi connectivity index (χ0v) is 10.3. The van der Waals surface area contributed by atoms with Crippen molar-refractivity contribution in [3.8, 4) is 0 Å². The molecule has 3 nitrogen and oxygen atoms in total. The third kappa shape index (κ3) is 8.43. The normalized spacial score (nSPS) is 10.7. The van der Waals surface area contributed by atoms with Crippen LogP contribution in [0.2, 0.25) is 0 Å². The summed E-state index contributed by atoms with van der Waals surface area (Å²) in [5, 5.41) is 3.38. The number of esters is 1. The van der Waals surface area contributed by atoms with Crippen molar-refractivity contribution in [3.05, 3.63) is 0 Å². The average molecular weight is 215 g/mol. The summed E-state index contributed by atoms with van der Waals surface area (Å²) in [6.07, 6.45) is 3.85. The zero-order chi connectivity index (χ0) is 11.5. The fourth-order valence-electron chi connectivity index (χ4n) is 1.47. The number of hydrogen-bond acceptors (Lipinski definition) is 3. The first-order valence-electron chi connectivity index (χ1n) is 6.10. The van der Waals surface area contributed by atoms with Crippen molar-refractivity contribution in [1.82, 2.24) is 5.32 Å². The highest BCUT2D eigenvalue weighted by atomic mass is 16.5. The molecule has 0 fully saturated rings. The highest BCUT2D eigenvalue weighted by Gasteiger charge is 2.03. The van der Waals surface area contributed by atoms with Gasteiger partial charge in [0, 0.05) is 6.42 Å². The van der Waals surface area contributed by atoms with Crippen molar-refractivity contribution in [2.45, 2.75) is 46.5 Å². The van der Waals surface area contributed by atoms with Gasteiger partial charge in [0.2, 0.25) is 0 Å². The lowest BCUT2D eigenvalue weighted by atomic mass is 10.0. The van der Waals surface area contributed by atoms with Crippen molar-refractivity contribution in [2.75, 3.05) is 19.7 Å². The summed E-state index contributed by atoms with van der Waals surface area (Å²) in [6, 6.07) is 0. The molecule has 0 radical (unpaired) electrons. The van der Waals surface area contributed by atoms with E-state index in [1.54, 1.807) is 0 Å². The van der Waals surface area contributed by atoms with Crippen molar-refractivity contribution < 1.29 is 9.53 Å². The Bertz CT molecular complexity index is 156. The molecular weight excluding hydrogens is 190 g/mol. The van der Waals surface area contributed by atoms with Gasteiger partial charge in [0.15, 0.2) is 0 Å². The number of carbonyl (C=O) groups excluding carboxylic acids is 1. The van der Waals surface area contributed by atoms with Crippen LogP contribution in [-0.4, -0.2) is 25.7 Å². The number of nitrogens with one attached hydrogen (secondary N) is 1. The van der Waals surface area contributed by atoms with Gasteiger partial charge in [-0.15, -0.1) is 0 Å². The largest absolute Gasteiger partial charge is 0.466 e. The molecule has 0 aromatic heterocycles. The third-order valence-corrected chi connectivity index (χ3v) is 2.63. The highest BCUT2D eigenvalue weighted by Crippen LogP contribution is 2.04. The standard InChI is InChI=1S/C12H25NO2/c1-4-11(5-2)10-13-9-7-8-12(14)15-6-3/h11,13H,4-10H2,1-3H3. The van der Waals surface area contributed by atoms with Gasteiger partial charge < -0.3 is 10.1 Å². The summed E-state index contributed by atoms with van der Waals surface area (Å²) >= 11 is 0. The molecule has 0 aromatic rings. The minimum Gasteiger partial charge on any atom is -0.466 e. The Labute approximate surface area is 93.6 Å². The molecule has 0 saturated heterocycles. The Morgan fingerprint density at radius 1 is 1.27 bits per heavy atom. The summed E-state index contributed by atoms with van der Waals surface area (Å²) < 4.78 is 4.85. The van der Waals surface area contributed by atoms with E-state index in [1.807, 2.05) is 6.92 Å². The highest BCUT2D eigenvalue weighted by molar-refractivity contribution is 5.69. The molecule has 0 spiro atoms. The predicted molar refractivity (Wildman–Crippen MR) is 62.8 cm³/mol. The summed E-state index contributed by atoms with van der Waals surface area (Å²) in [5.41, 5.74) is 0. The predicted octanol–water partition coefficient (Wildman–Crippen LogP) is 2.36. The molecule has 0 saturated carbocycles. The maximum Gasteiger partial charge on any atom is 0.305 e. The summed E-state index contributed by atoms with van der Waals surface area (Å²) in [6.45, 7) is 8.73. The number of carbonyl (C=O) groups is 1. The second-order valence-corrected chi connectivity index (χ2v) is 3.80. The number of ether oxygens (including phenoxy) is 1. The van der Waals surface area contributed by atoms with Crippen LogP contribution in [-0.2, 0) is 9.53 Å². The van der Waals surface area contributed by atoms with Crippen molar-refractivity contribution in [2.24, 2.45) is 5.92 Å². The fourth-order valence-corrected chi connectivity index (χ4v) is 1.47. The first-order valence-corrected chi connectivity index (χ1v) is 6.10. The quantitative estimate of drug-likeness (QED) is 0.474. The SMILES string of the molecule is CCOC(=O)CCCNCC(CC)CC. The molecule has 0 aliphatic rings. The Kier molecular flexibility index (Phi) is 9.59. The van der Waals surface area contributed by atoms with Gasteiger partial charge in [-0.1, -0.05) is 26.7 Å². The lowest BCUT2D eigenvalue weighted by molar-refractivity contribution is -0.143. The molecular formula is C12H25NO2. The van der Waals surface area contributed by atoms with E-state index in [-0.39, 0.29) is 5.97 Å². The van der Waals surface area contributed by atoms with Gasteiger partial charge in [-0.2, -0.15) is 0 Å². The Balaban J connectivity index is 3.27. The van der Waals surface area contributed by atoms with Gasteiger partial charge in [0.05, 0.1) is 6.61 Å². The molecule has 0 aliphatic carbocycles. The van der Waals surface area contributed by atoms with E-state index in [0.29, 0.717) is 13.0 Å². The molecule has 3 heteroatoms. The van der Waals surface area contributed by atoms with Gasteiger partial charge in [-0.05, 0) is 32.4 Å². The second kappa shape index (κ2) is 9.97. The molecule has 0 amide bonds. The van der Waals surface area contributed by atoms with E-state index in [1.165, 1.54) is 12.8 Å². The Morgan fingerprint density at radius 3 is 2.47 bits per heavy atom. The molecule has 0 atom stereocenters. The smallest absolute Gasteiger partial charge is 0.305 e. The van der Waals surface area contributed by atoms with E-state index in [9.17, 15) is 4.79 Å². The molecule has 0 rings (SSSR count). The van der Waals surface area contributed by atoms with Crippen LogP contribution in [0.5, 0.6) is 0 Å². The van der Waals surface area contributed by atoms with Crippen molar-refractivity contribution in [3.63, 3.8) is 0 Å². The molecule has 15 heavy (non-hydrogen) atoms. The van der Waals surface area contributed by atoms with Crippen molar-refractivity contribution >= 4 is 5.97 Å². The van der Waals surface area contributed by atoms with Gasteiger partial charge in [0.1, 0.15) is 0 Å². The second-order valence-electron chi connectivity index (χ2n) is 3.80. The van der Waals surface area contributed by atoms with E-state index in [0.717, 1.165) is 25.4 Å². The molecule has 1 N–H and O–H groups in total. The molecule has 0 bridgehead atoms. The molecule has 90 valence electrons. The third-order valence-electron chi connectivity index (χ3n) is 2.63. The van der Waals surface area contributed by atoms with Crippen LogP contribution in [0, 0.1) is 5.92 Å². The number of rotatable bonds is 9. The zero-order valence-electron chi connectivity index (χ0n) is 10.3. The van der Waals surface area contributed by atoms with Crippen LogP contribution in [0.15, 0.2) is 0 Å². The van der Waals surface area contributed by atoms with E-state index in [2.05, 4.69) is 19.2 Å². The maximum absolute atomic E-state index is 11.0. The van der Waals surface area contributed by atoms with Gasteiger partial charge >= 0.3 is 5.97 Å². The van der Waals surface area contributed by atoms with Crippen LogP contribution in [0.25, 0.3) is 0 Å². The fraction of sp³-hybridized carbons (Fsp3) is 0.917. The summed E-state index contributed by atoms with van der Waals surface area (Å²) in [4.78, 5) is 11.0. The van der Waals surface area contributed by atoms with Gasteiger partial charge in [-0.25, -0.2) is 0 Å². The van der Waals surface area contributed by atoms with E-state index >= 15 is 0 Å². The Hall–Kier alpha value is -0.570. The maximum atomic E-state index is 11.0. The minimum atomic E-state index is -0.0816. The average Bonchev–Trinajstić information content (AvgIpc) is 2.24. The Morgan fingerprint density at radius 2 is 1.93 bits per heavy atom. The van der Waals surface area contributed by atoms with Crippen LogP contribution in [0.3, 0.4) is 0 Å². The molecule has 0 aromatic carbocycles. The van der Waals surface area contributed by atoms with Gasteiger partial charge in [0.25, 0.3) is 0 Å². The van der Waals surface area contributed by atoms with Gasteiger partial charge in [-0.3, -0.25) is 4.79 Å². The van der Waals surface area contributed by atoms with Crippen molar-refractivity contribution in [1.29, 1.82) is 0 Å². The number of hydrogen-bond donors (Lipinski definition) is 1. The molecule has 0 unspecified atom stereocenters. The first kappa shape index (κ1) is 14.4. The van der Waals surface area contributed by atoms with E-state index < -0.39 is 0 Å². The van der Waals surface area contributed by atoms with Crippen LogP contribution in [0.1, 0.15) is 46.5 Å². The monoisotopic (exact) mass is 215 g/mol. The van der Waals surface area contributed by atoms with Crippen LogP contribution in [0.4, 0.5) is 0 Å². The lowest BCUT2D eigenvalue weighted by Gasteiger charge is -2.12. The first-order chi connectivity index (χ1) is 7.24. The van der Waals surface area contributed by atoms with E-state index in [4.69, 9.17) is 4.74 Å². The lowest BCUT2D eigenvalue weighted by Crippen LogP contribution is -2.23. The minimum absolute atomic E-state index is 0.0816. The van der Waals surface area contributed by atoms with Crippen LogP contribution >= 0.6 is 0 Å². The van der Waals surface area contributed by atoms with Crippen LogP contribution < -0.4 is 5.32 Å². The molecule has 0 aliphatic heterocycles.